The molecule has 0 atom stereocenters. The van der Waals surface area contributed by atoms with Crippen LogP contribution in [-0.2, 0) is 6.42 Å². The minimum atomic E-state index is 0.324. The quantitative estimate of drug-likeness (QED) is 0.773. The molecule has 3 rings (SSSR count). The van der Waals surface area contributed by atoms with Crippen molar-refractivity contribution in [1.29, 1.82) is 0 Å². The number of para-hydroxylation sites is 2. The average Bonchev–Trinajstić information content (AvgIpc) is 2.79. The van der Waals surface area contributed by atoms with E-state index in [1.54, 1.807) is 0 Å². The fourth-order valence-corrected chi connectivity index (χ4v) is 2.70. The van der Waals surface area contributed by atoms with Crippen molar-refractivity contribution in [2.75, 3.05) is 5.73 Å². The Balaban J connectivity index is 1.94. The summed E-state index contributed by atoms with van der Waals surface area (Å²) in [4.78, 5) is 16.8. The van der Waals surface area contributed by atoms with Crippen LogP contribution in [0.15, 0.2) is 24.3 Å². The summed E-state index contributed by atoms with van der Waals surface area (Å²) < 4.78 is 0. The molecule has 0 saturated heterocycles. The number of aromatic nitrogens is 4. The van der Waals surface area contributed by atoms with Crippen molar-refractivity contribution >= 4 is 16.9 Å². The van der Waals surface area contributed by atoms with Crippen LogP contribution in [0.3, 0.4) is 0 Å². The summed E-state index contributed by atoms with van der Waals surface area (Å²) in [6, 6.07) is 7.95. The fraction of sp³-hybridized carbons (Fsp3) is 0.312. The predicted molar refractivity (Wildman–Crippen MR) is 84.2 cm³/mol. The highest BCUT2D eigenvalue weighted by atomic mass is 15.0. The van der Waals surface area contributed by atoms with E-state index in [1.807, 2.05) is 31.2 Å². The number of H-pyrrole nitrogens is 1. The summed E-state index contributed by atoms with van der Waals surface area (Å²) >= 11 is 0. The average molecular weight is 281 g/mol. The second-order valence-corrected chi connectivity index (χ2v) is 5.56. The first-order valence-electron chi connectivity index (χ1n) is 7.11. The molecule has 0 spiro atoms. The Morgan fingerprint density at radius 1 is 1.14 bits per heavy atom. The predicted octanol–water partition coefficient (Wildman–Crippen LogP) is 2.96. The van der Waals surface area contributed by atoms with Gasteiger partial charge in [0, 0.05) is 11.3 Å². The number of nitrogens with one attached hydrogen (secondary N) is 1. The number of anilines is 1. The van der Waals surface area contributed by atoms with E-state index < -0.39 is 0 Å². The van der Waals surface area contributed by atoms with Crippen LogP contribution in [0.1, 0.15) is 42.7 Å². The van der Waals surface area contributed by atoms with Gasteiger partial charge in [-0.2, -0.15) is 0 Å². The molecule has 0 bridgehead atoms. The van der Waals surface area contributed by atoms with Crippen molar-refractivity contribution in [3.05, 3.63) is 47.2 Å². The number of aryl methyl sites for hydroxylation is 1. The lowest BCUT2D eigenvalue weighted by Crippen LogP contribution is -2.09. The number of fused-ring (bicyclic) bond motifs is 1. The topological polar surface area (TPSA) is 80.5 Å². The van der Waals surface area contributed by atoms with Crippen LogP contribution in [0.5, 0.6) is 0 Å². The van der Waals surface area contributed by atoms with Crippen molar-refractivity contribution in [3.63, 3.8) is 0 Å². The molecule has 0 fully saturated rings. The van der Waals surface area contributed by atoms with Crippen LogP contribution in [0.4, 0.5) is 5.82 Å². The minimum absolute atomic E-state index is 0.324. The normalized spacial score (nSPS) is 11.4. The summed E-state index contributed by atoms with van der Waals surface area (Å²) in [6.45, 7) is 6.18. The first-order chi connectivity index (χ1) is 10.0. The highest BCUT2D eigenvalue weighted by molar-refractivity contribution is 5.74. The van der Waals surface area contributed by atoms with E-state index in [2.05, 4.69) is 33.8 Å². The van der Waals surface area contributed by atoms with E-state index in [1.165, 1.54) is 0 Å². The maximum absolute atomic E-state index is 6.07. The second-order valence-electron chi connectivity index (χ2n) is 5.56. The Bertz CT molecular complexity index is 732. The molecule has 0 aliphatic heterocycles. The van der Waals surface area contributed by atoms with Gasteiger partial charge in [0.05, 0.1) is 17.5 Å². The van der Waals surface area contributed by atoms with Crippen molar-refractivity contribution < 1.29 is 0 Å². The maximum Gasteiger partial charge on any atom is 0.138 e. The van der Waals surface area contributed by atoms with E-state index in [9.17, 15) is 0 Å². The zero-order valence-electron chi connectivity index (χ0n) is 12.5. The second kappa shape index (κ2) is 5.16. The summed E-state index contributed by atoms with van der Waals surface area (Å²) in [5.74, 6) is 2.45. The lowest BCUT2D eigenvalue weighted by Gasteiger charge is -2.12. The number of nitrogens with two attached hydrogens (primary N) is 1. The molecule has 0 unspecified atom stereocenters. The van der Waals surface area contributed by atoms with Crippen LogP contribution >= 0.6 is 0 Å². The number of nitrogens with zero attached hydrogens (tertiary/aromatic N) is 3. The van der Waals surface area contributed by atoms with Gasteiger partial charge in [0.1, 0.15) is 17.5 Å². The summed E-state index contributed by atoms with van der Waals surface area (Å²) in [6.07, 6.45) is 0.554. The SMILES string of the molecule is Cc1nc(Cc2nc3ccccc3[nH]2)nc(N)c1C(C)C. The first-order valence-corrected chi connectivity index (χ1v) is 7.11. The monoisotopic (exact) mass is 281 g/mol. The minimum Gasteiger partial charge on any atom is -0.383 e. The molecule has 21 heavy (non-hydrogen) atoms. The fourth-order valence-electron chi connectivity index (χ4n) is 2.70. The van der Waals surface area contributed by atoms with Gasteiger partial charge in [-0.15, -0.1) is 0 Å². The van der Waals surface area contributed by atoms with Gasteiger partial charge in [0.2, 0.25) is 0 Å². The van der Waals surface area contributed by atoms with Crippen LogP contribution in [0.25, 0.3) is 11.0 Å². The van der Waals surface area contributed by atoms with Crippen molar-refractivity contribution in [2.24, 2.45) is 0 Å². The van der Waals surface area contributed by atoms with Crippen LogP contribution in [0.2, 0.25) is 0 Å². The van der Waals surface area contributed by atoms with Crippen molar-refractivity contribution in [1.82, 2.24) is 19.9 Å². The van der Waals surface area contributed by atoms with Gasteiger partial charge in [-0.3, -0.25) is 0 Å². The van der Waals surface area contributed by atoms with Crippen LogP contribution in [0, 0.1) is 6.92 Å². The van der Waals surface area contributed by atoms with E-state index in [-0.39, 0.29) is 0 Å². The molecule has 0 aliphatic carbocycles. The third-order valence-corrected chi connectivity index (χ3v) is 3.55. The number of hydrogen-bond acceptors (Lipinski definition) is 4. The van der Waals surface area contributed by atoms with Crippen molar-refractivity contribution in [3.8, 4) is 0 Å². The summed E-state index contributed by atoms with van der Waals surface area (Å²) in [5.41, 5.74) is 10.0. The Labute approximate surface area is 123 Å². The Kier molecular flexibility index (Phi) is 3.33. The summed E-state index contributed by atoms with van der Waals surface area (Å²) in [5, 5.41) is 0. The van der Waals surface area contributed by atoms with E-state index >= 15 is 0 Å². The molecular weight excluding hydrogens is 262 g/mol. The zero-order chi connectivity index (χ0) is 15.0. The molecule has 2 heterocycles. The van der Waals surface area contributed by atoms with Gasteiger partial charge < -0.3 is 10.7 Å². The van der Waals surface area contributed by atoms with Gasteiger partial charge >= 0.3 is 0 Å². The molecule has 2 aromatic heterocycles. The molecule has 0 amide bonds. The third kappa shape index (κ3) is 2.59. The highest BCUT2D eigenvalue weighted by Crippen LogP contribution is 2.23. The summed E-state index contributed by atoms with van der Waals surface area (Å²) in [7, 11) is 0. The largest absolute Gasteiger partial charge is 0.383 e. The zero-order valence-corrected chi connectivity index (χ0v) is 12.5. The molecule has 3 aromatic rings. The third-order valence-electron chi connectivity index (χ3n) is 3.55. The maximum atomic E-state index is 6.07. The number of benzene rings is 1. The van der Waals surface area contributed by atoms with Gasteiger partial charge in [-0.05, 0) is 25.0 Å². The Hall–Kier alpha value is -2.43. The van der Waals surface area contributed by atoms with Gasteiger partial charge in [0.25, 0.3) is 0 Å². The van der Waals surface area contributed by atoms with E-state index in [0.29, 0.717) is 24.0 Å². The number of hydrogen-bond donors (Lipinski definition) is 2. The molecule has 0 radical (unpaired) electrons. The standard InChI is InChI=1S/C16H19N5/c1-9(2)15-10(3)18-13(21-16(15)17)8-14-19-11-6-4-5-7-12(11)20-14/h4-7,9H,8H2,1-3H3,(H,19,20)(H2,17,18,21). The Morgan fingerprint density at radius 3 is 2.57 bits per heavy atom. The Morgan fingerprint density at radius 2 is 1.90 bits per heavy atom. The number of imidazole rings is 1. The van der Waals surface area contributed by atoms with Crippen molar-refractivity contribution in [2.45, 2.75) is 33.1 Å². The molecule has 0 aliphatic rings. The van der Waals surface area contributed by atoms with Gasteiger partial charge in [-0.1, -0.05) is 26.0 Å². The van der Waals surface area contributed by atoms with Crippen LogP contribution < -0.4 is 5.73 Å². The molecule has 5 heteroatoms. The smallest absolute Gasteiger partial charge is 0.138 e. The molecule has 0 saturated carbocycles. The molecule has 3 N–H and O–H groups in total. The number of rotatable bonds is 3. The highest BCUT2D eigenvalue weighted by Gasteiger charge is 2.13. The van der Waals surface area contributed by atoms with E-state index in [0.717, 1.165) is 28.1 Å². The first kappa shape index (κ1) is 13.5. The van der Waals surface area contributed by atoms with Gasteiger partial charge in [0.15, 0.2) is 0 Å². The van der Waals surface area contributed by atoms with Gasteiger partial charge in [-0.25, -0.2) is 15.0 Å². The molecule has 108 valence electrons. The number of nitrogen functional groups attached to an aromatic ring is 1. The lowest BCUT2D eigenvalue weighted by molar-refractivity contribution is 0.811. The molecular formula is C16H19N5. The molecule has 1 aromatic carbocycles. The van der Waals surface area contributed by atoms with E-state index in [4.69, 9.17) is 5.73 Å². The van der Waals surface area contributed by atoms with Crippen LogP contribution in [-0.4, -0.2) is 19.9 Å². The number of aromatic amines is 1. The lowest BCUT2D eigenvalue weighted by atomic mass is 10.0. The molecule has 5 nitrogen and oxygen atoms in total.